The van der Waals surface area contributed by atoms with Crippen LogP contribution in [0.4, 0.5) is 10.1 Å². The van der Waals surface area contributed by atoms with Crippen molar-refractivity contribution in [3.8, 4) is 0 Å². The molecule has 0 aliphatic carbocycles. The van der Waals surface area contributed by atoms with Crippen LogP contribution in [0.3, 0.4) is 0 Å². The minimum atomic E-state index is -3.54. The number of nitrogens with two attached hydrogens (primary N) is 1. The predicted molar refractivity (Wildman–Crippen MR) is 56.3 cm³/mol. The van der Waals surface area contributed by atoms with Crippen LogP contribution < -0.4 is 5.73 Å². The summed E-state index contributed by atoms with van der Waals surface area (Å²) in [6.45, 7) is 2.06. The molecule has 0 unspecified atom stereocenters. The minimum absolute atomic E-state index is 0.00532. The molecule has 0 fully saturated rings. The summed E-state index contributed by atoms with van der Waals surface area (Å²) in [6.07, 6.45) is 0. The van der Waals surface area contributed by atoms with Gasteiger partial charge in [0.2, 0.25) is 10.0 Å². The van der Waals surface area contributed by atoms with Gasteiger partial charge in [0.1, 0.15) is 5.82 Å². The van der Waals surface area contributed by atoms with Crippen LogP contribution in [0.15, 0.2) is 23.1 Å². The van der Waals surface area contributed by atoms with Crippen LogP contribution >= 0.6 is 0 Å². The van der Waals surface area contributed by atoms with Gasteiger partial charge in [0.05, 0.1) is 10.6 Å². The van der Waals surface area contributed by atoms with Crippen molar-refractivity contribution < 1.29 is 12.8 Å². The number of benzene rings is 1. The van der Waals surface area contributed by atoms with Gasteiger partial charge in [-0.05, 0) is 18.2 Å². The second-order valence-electron chi connectivity index (χ2n) is 3.10. The van der Waals surface area contributed by atoms with Gasteiger partial charge in [0.25, 0.3) is 0 Å². The van der Waals surface area contributed by atoms with Crippen LogP contribution in [-0.4, -0.2) is 26.3 Å². The van der Waals surface area contributed by atoms with Gasteiger partial charge in [-0.1, -0.05) is 6.92 Å². The number of anilines is 1. The van der Waals surface area contributed by atoms with E-state index in [-0.39, 0.29) is 10.6 Å². The Balaban J connectivity index is 3.23. The predicted octanol–water partition coefficient (Wildman–Crippen LogP) is 1.05. The van der Waals surface area contributed by atoms with E-state index in [9.17, 15) is 12.8 Å². The third-order valence-electron chi connectivity index (χ3n) is 2.12. The first-order valence-corrected chi connectivity index (χ1v) is 5.85. The van der Waals surface area contributed by atoms with E-state index in [1.165, 1.54) is 17.4 Å². The SMILES string of the molecule is CCN(C)S(=O)(=O)c1ccc(F)c(N)c1. The van der Waals surface area contributed by atoms with Crippen molar-refractivity contribution in [3.05, 3.63) is 24.0 Å². The topological polar surface area (TPSA) is 63.4 Å². The molecule has 0 bridgehead atoms. The average molecular weight is 232 g/mol. The lowest BCUT2D eigenvalue weighted by molar-refractivity contribution is 0.486. The Bertz CT molecular complexity index is 459. The molecular formula is C9H13FN2O2S. The second-order valence-corrected chi connectivity index (χ2v) is 5.15. The molecule has 6 heteroatoms. The first-order chi connectivity index (χ1) is 6.89. The van der Waals surface area contributed by atoms with Crippen molar-refractivity contribution in [1.82, 2.24) is 4.31 Å². The van der Waals surface area contributed by atoms with Gasteiger partial charge < -0.3 is 5.73 Å². The lowest BCUT2D eigenvalue weighted by Crippen LogP contribution is -2.26. The van der Waals surface area contributed by atoms with E-state index >= 15 is 0 Å². The van der Waals surface area contributed by atoms with E-state index in [0.717, 1.165) is 12.1 Å². The molecule has 0 spiro atoms. The van der Waals surface area contributed by atoms with E-state index in [1.54, 1.807) is 6.92 Å². The van der Waals surface area contributed by atoms with Crippen molar-refractivity contribution in [2.75, 3.05) is 19.3 Å². The van der Waals surface area contributed by atoms with Gasteiger partial charge in [0, 0.05) is 13.6 Å². The van der Waals surface area contributed by atoms with Gasteiger partial charge in [-0.2, -0.15) is 0 Å². The highest BCUT2D eigenvalue weighted by Gasteiger charge is 2.19. The van der Waals surface area contributed by atoms with Crippen molar-refractivity contribution in [1.29, 1.82) is 0 Å². The molecule has 84 valence electrons. The molecule has 15 heavy (non-hydrogen) atoms. The minimum Gasteiger partial charge on any atom is -0.396 e. The van der Waals surface area contributed by atoms with Gasteiger partial charge >= 0.3 is 0 Å². The van der Waals surface area contributed by atoms with Gasteiger partial charge in [-0.25, -0.2) is 17.1 Å². The first kappa shape index (κ1) is 11.9. The summed E-state index contributed by atoms with van der Waals surface area (Å²) >= 11 is 0. The van der Waals surface area contributed by atoms with E-state index in [0.29, 0.717) is 6.54 Å². The molecule has 0 saturated carbocycles. The summed E-state index contributed by atoms with van der Waals surface area (Å²) in [6, 6.07) is 3.37. The monoisotopic (exact) mass is 232 g/mol. The Morgan fingerprint density at radius 1 is 1.47 bits per heavy atom. The average Bonchev–Trinajstić information content (AvgIpc) is 2.20. The number of nitrogen functional groups attached to an aromatic ring is 1. The highest BCUT2D eigenvalue weighted by atomic mass is 32.2. The zero-order valence-corrected chi connectivity index (χ0v) is 9.38. The third-order valence-corrected chi connectivity index (χ3v) is 4.05. The number of nitrogens with zero attached hydrogens (tertiary/aromatic N) is 1. The zero-order chi connectivity index (χ0) is 11.6. The molecule has 0 aromatic heterocycles. The Morgan fingerprint density at radius 2 is 2.07 bits per heavy atom. The smallest absolute Gasteiger partial charge is 0.242 e. The summed E-state index contributed by atoms with van der Waals surface area (Å²) in [5.74, 6) is -0.617. The summed E-state index contributed by atoms with van der Waals surface area (Å²) in [5.41, 5.74) is 5.13. The lowest BCUT2D eigenvalue weighted by atomic mass is 10.3. The summed E-state index contributed by atoms with van der Waals surface area (Å²) in [4.78, 5) is 0.00532. The van der Waals surface area contributed by atoms with E-state index in [1.807, 2.05) is 0 Å². The normalized spacial score (nSPS) is 12.0. The quantitative estimate of drug-likeness (QED) is 0.792. The number of hydrogen-bond donors (Lipinski definition) is 1. The number of rotatable bonds is 3. The molecule has 4 nitrogen and oxygen atoms in total. The van der Waals surface area contributed by atoms with E-state index in [2.05, 4.69) is 0 Å². The van der Waals surface area contributed by atoms with Gasteiger partial charge in [-0.15, -0.1) is 0 Å². The molecule has 0 aliphatic heterocycles. The molecule has 1 rings (SSSR count). The van der Waals surface area contributed by atoms with Crippen molar-refractivity contribution >= 4 is 15.7 Å². The molecule has 1 aromatic rings. The molecule has 2 N–H and O–H groups in total. The Hall–Kier alpha value is -1.14. The molecule has 0 saturated heterocycles. The number of sulfonamides is 1. The maximum absolute atomic E-state index is 12.8. The molecule has 0 aliphatic rings. The number of hydrogen-bond acceptors (Lipinski definition) is 3. The standard InChI is InChI=1S/C9H13FN2O2S/c1-3-12(2)15(13,14)7-4-5-8(10)9(11)6-7/h4-6H,3,11H2,1-2H3. The van der Waals surface area contributed by atoms with E-state index < -0.39 is 15.8 Å². The van der Waals surface area contributed by atoms with Crippen LogP contribution in [-0.2, 0) is 10.0 Å². The zero-order valence-electron chi connectivity index (χ0n) is 8.57. The van der Waals surface area contributed by atoms with Gasteiger partial charge in [-0.3, -0.25) is 0 Å². The van der Waals surface area contributed by atoms with Crippen LogP contribution in [0.25, 0.3) is 0 Å². The lowest BCUT2D eigenvalue weighted by Gasteiger charge is -2.14. The number of halogens is 1. The van der Waals surface area contributed by atoms with Crippen LogP contribution in [0.1, 0.15) is 6.92 Å². The van der Waals surface area contributed by atoms with Crippen molar-refractivity contribution in [2.45, 2.75) is 11.8 Å². The highest BCUT2D eigenvalue weighted by molar-refractivity contribution is 7.89. The summed E-state index contributed by atoms with van der Waals surface area (Å²) in [5, 5.41) is 0. The van der Waals surface area contributed by atoms with Crippen molar-refractivity contribution in [3.63, 3.8) is 0 Å². The first-order valence-electron chi connectivity index (χ1n) is 4.41. The Kier molecular flexibility index (Phi) is 3.31. The second kappa shape index (κ2) is 4.16. The van der Waals surface area contributed by atoms with Crippen LogP contribution in [0.5, 0.6) is 0 Å². The molecule has 1 aromatic carbocycles. The van der Waals surface area contributed by atoms with E-state index in [4.69, 9.17) is 5.73 Å². The van der Waals surface area contributed by atoms with Crippen LogP contribution in [0.2, 0.25) is 0 Å². The maximum atomic E-state index is 12.8. The highest BCUT2D eigenvalue weighted by Crippen LogP contribution is 2.19. The third kappa shape index (κ3) is 2.27. The van der Waals surface area contributed by atoms with Gasteiger partial charge in [0.15, 0.2) is 0 Å². The maximum Gasteiger partial charge on any atom is 0.242 e. The summed E-state index contributed by atoms with van der Waals surface area (Å²) in [7, 11) is -2.09. The molecule has 0 amide bonds. The van der Waals surface area contributed by atoms with Crippen molar-refractivity contribution in [2.24, 2.45) is 0 Å². The molecular weight excluding hydrogens is 219 g/mol. The Labute approximate surface area is 88.6 Å². The Morgan fingerprint density at radius 3 is 2.53 bits per heavy atom. The molecule has 0 atom stereocenters. The fraction of sp³-hybridized carbons (Fsp3) is 0.333. The van der Waals surface area contributed by atoms with Crippen LogP contribution in [0, 0.1) is 5.82 Å². The molecule has 0 radical (unpaired) electrons. The fourth-order valence-electron chi connectivity index (χ4n) is 1.03. The summed E-state index contributed by atoms with van der Waals surface area (Å²) < 4.78 is 37.6. The largest absolute Gasteiger partial charge is 0.396 e. The molecule has 0 heterocycles. The fourth-order valence-corrected chi connectivity index (χ4v) is 2.25.